The fraction of sp³-hybridized carbons (Fsp3) is 0.521. The number of phosphoric acid groups is 4. The number of aromatic amines is 3. The van der Waals surface area contributed by atoms with Gasteiger partial charge in [-0.25, -0.2) is 57.9 Å². The third kappa shape index (κ3) is 14.9. The van der Waals surface area contributed by atoms with E-state index in [0.717, 1.165) is 59.1 Å². The molecular formula is C48H60N20O32P4. The number of hydrogen-bond donors (Lipinski definition) is 18. The van der Waals surface area contributed by atoms with Crippen molar-refractivity contribution < 1.29 is 133 Å². The molecule has 52 nitrogen and oxygen atoms in total. The lowest BCUT2D eigenvalue weighted by molar-refractivity contribution is -0.0636. The molecule has 24 atom stereocenters. The molecule has 8 aromatic heterocycles. The highest BCUT2D eigenvalue weighted by Gasteiger charge is 2.56. The van der Waals surface area contributed by atoms with Crippen LogP contribution in [-0.4, -0.2) is 258 Å². The molecule has 13 rings (SSSR count). The van der Waals surface area contributed by atoms with Crippen LogP contribution in [0.25, 0.3) is 33.5 Å². The average Bonchev–Trinajstić information content (AvgIpc) is 1.63. The number of nitrogen functional groups attached to an aromatic ring is 4. The maximum atomic E-state index is 14.3. The molecule has 8 aromatic rings. The number of phosphoric ester groups is 4. The fourth-order valence-corrected chi connectivity index (χ4v) is 15.7. The number of ether oxygens (including phenoxy) is 5. The molecule has 5 saturated heterocycles. The average molecular weight is 1550 g/mol. The molecule has 56 heteroatoms. The highest BCUT2D eigenvalue weighted by molar-refractivity contribution is 7.48. The van der Waals surface area contributed by atoms with E-state index in [-0.39, 0.29) is 56.8 Å². The van der Waals surface area contributed by atoms with Crippen LogP contribution in [0.5, 0.6) is 0 Å². The van der Waals surface area contributed by atoms with Crippen molar-refractivity contribution in [1.29, 1.82) is 0 Å². The minimum atomic E-state index is -5.84. The van der Waals surface area contributed by atoms with E-state index in [9.17, 15) is 92.8 Å². The van der Waals surface area contributed by atoms with Gasteiger partial charge in [0.25, 0.3) is 16.7 Å². The number of H-pyrrole nitrogens is 3. The van der Waals surface area contributed by atoms with Gasteiger partial charge >= 0.3 is 37.0 Å². The molecule has 0 bridgehead atoms. The van der Waals surface area contributed by atoms with Crippen molar-refractivity contribution in [1.82, 2.24) is 78.1 Å². The predicted octanol–water partition coefficient (Wildman–Crippen LogP) is -7.34. The predicted molar refractivity (Wildman–Crippen MR) is 332 cm³/mol. The Bertz CT molecular complexity index is 4970. The zero-order valence-electron chi connectivity index (χ0n) is 52.1. The summed E-state index contributed by atoms with van der Waals surface area (Å²) in [5, 5.41) is 78.8. The van der Waals surface area contributed by atoms with Crippen LogP contribution >= 0.6 is 31.3 Å². The van der Waals surface area contributed by atoms with Gasteiger partial charge in [0, 0.05) is 30.2 Å². The Kier molecular flexibility index (Phi) is 20.6. The summed E-state index contributed by atoms with van der Waals surface area (Å²) in [5.74, 6) is -1.17. The standard InChI is InChI=1S/C48H60N20O32P4/c49-35-21-36(56-10-55-35)66(11-57-21)41-25(72)24(71)16(94-41)6-88-101(80,81)99-33-18(95-42(28(33)75)65-2-1-20(70)60-48(65)79)8-91-103(84,85)98-32-17(92-30(26(32)73)14-3-53-45(50)54-4-14)7-89-104(86,87)100-34-19(96-44(29(34)76)68-13-59-23-38(68)62-47(52)64-40(23)78)9-90-102(82,83)97-31-15(5-69)93-43(27(31)74)67-12-58-22-37(67)61-46(51)63-39(22)77/h1-4,10-13,15-19,24-34,41-44,69,71-76H,5-9H2,(H,80,81)(H,82,83)(H,84,85)(H,86,87)(H2,49,55,56)(H2,50,53,54)(H,60,70,79)(H3,51,61,63,77)(H3,52,62,64,78)/t15-,16-,17-,18-,19-,24-,25-,26+,27-,28-,29-,30+,31-,32-,33-,34-,41-,42-,43-,44-/m1/s1. The van der Waals surface area contributed by atoms with E-state index in [0.29, 0.717) is 4.57 Å². The molecule has 5 aliphatic heterocycles. The SMILES string of the molecule is Nc1ncc([C@@H]2O[C@H](COP(=O)(O)O[C@H]3[C@@H](O)[C@H](n4cnc5c(=O)[nH]c(N)nc54)O[C@@H]3COP(=O)(O)O[C@H]3[C@@H](O)[C@H](n4cnc5c(=O)[nH]c(N)nc54)O[C@@H]3CO)[C@@H](OP(=O)(O)OC[C@H]3O[C@@H](n4ccc(=O)[nH]c4=O)[C@H](O)[C@@H]3OP(=O)(O)OC[C@H]3O[C@@H](n4cnc5c(N)ncnc54)[C@H](O)[C@@H]3O)[C@H]2O)cn1. The van der Waals surface area contributed by atoms with E-state index in [1.54, 1.807) is 0 Å². The lowest BCUT2D eigenvalue weighted by Gasteiger charge is -2.27. The van der Waals surface area contributed by atoms with Gasteiger partial charge in [-0.2, -0.15) is 9.97 Å². The van der Waals surface area contributed by atoms with Gasteiger partial charge in [-0.1, -0.05) is 0 Å². The van der Waals surface area contributed by atoms with Gasteiger partial charge in [0.1, 0.15) is 110 Å². The van der Waals surface area contributed by atoms with Crippen molar-refractivity contribution in [3.05, 3.63) is 97.1 Å². The highest BCUT2D eigenvalue weighted by atomic mass is 31.2. The first-order valence-corrected chi connectivity index (χ1v) is 36.0. The van der Waals surface area contributed by atoms with Crippen LogP contribution in [0.4, 0.5) is 23.7 Å². The number of imidazole rings is 3. The van der Waals surface area contributed by atoms with E-state index in [1.165, 1.54) is 4.57 Å². The molecule has 22 N–H and O–H groups in total. The van der Waals surface area contributed by atoms with Gasteiger partial charge in [0.15, 0.2) is 58.7 Å². The first-order valence-electron chi connectivity index (χ1n) is 30.0. The molecule has 0 aliphatic carbocycles. The third-order valence-electron chi connectivity index (χ3n) is 16.7. The minimum absolute atomic E-state index is 0.0425. The molecule has 4 unspecified atom stereocenters. The quantitative estimate of drug-likeness (QED) is 0.0224. The number of nitrogens with zero attached hydrogens (tertiary/aromatic N) is 13. The molecule has 5 aliphatic rings. The lowest BCUT2D eigenvalue weighted by atomic mass is 10.0. The van der Waals surface area contributed by atoms with Crippen LogP contribution in [0.3, 0.4) is 0 Å². The molecule has 13 heterocycles. The molecule has 5 fully saturated rings. The number of rotatable bonds is 26. The number of aliphatic hydroxyl groups is 7. The van der Waals surface area contributed by atoms with Gasteiger partial charge in [-0.15, -0.1) is 0 Å². The molecule has 0 amide bonds. The van der Waals surface area contributed by atoms with Gasteiger partial charge in [-0.05, 0) is 0 Å². The number of hydrogen-bond acceptors (Lipinski definition) is 41. The molecule has 564 valence electrons. The second-order valence-corrected chi connectivity index (χ2v) is 29.0. The maximum absolute atomic E-state index is 14.3. The van der Waals surface area contributed by atoms with Crippen molar-refractivity contribution in [2.75, 3.05) is 56.0 Å². The van der Waals surface area contributed by atoms with Crippen molar-refractivity contribution in [2.45, 2.75) is 123 Å². The Labute approximate surface area is 574 Å². The van der Waals surface area contributed by atoms with E-state index in [4.69, 9.17) is 82.8 Å². The summed E-state index contributed by atoms with van der Waals surface area (Å²) in [6.07, 6.45) is -31.7. The van der Waals surface area contributed by atoms with Crippen LogP contribution in [0, 0.1) is 0 Å². The molecule has 0 radical (unpaired) electrons. The number of nitrogens with one attached hydrogen (secondary N) is 3. The summed E-state index contributed by atoms with van der Waals surface area (Å²) < 4.78 is 131. The second-order valence-electron chi connectivity index (χ2n) is 23.3. The van der Waals surface area contributed by atoms with Crippen molar-refractivity contribution in [3.63, 3.8) is 0 Å². The van der Waals surface area contributed by atoms with Crippen LogP contribution in [0.1, 0.15) is 36.6 Å². The smallest absolute Gasteiger partial charge is 0.394 e. The summed E-state index contributed by atoms with van der Waals surface area (Å²) in [6.45, 7) is -5.92. The van der Waals surface area contributed by atoms with E-state index < -0.39 is 215 Å². The Hall–Kier alpha value is -7.83. The zero-order chi connectivity index (χ0) is 74.4. The largest absolute Gasteiger partial charge is 0.472 e. The van der Waals surface area contributed by atoms with Crippen molar-refractivity contribution in [3.8, 4) is 0 Å². The molecule has 0 saturated carbocycles. The lowest BCUT2D eigenvalue weighted by Crippen LogP contribution is -2.39. The van der Waals surface area contributed by atoms with Gasteiger partial charge in [0.05, 0.1) is 52.0 Å². The third-order valence-corrected chi connectivity index (χ3v) is 20.6. The van der Waals surface area contributed by atoms with Gasteiger partial charge < -0.3 is 102 Å². The summed E-state index contributed by atoms with van der Waals surface area (Å²) in [5.41, 5.74) is 18.0. The van der Waals surface area contributed by atoms with Gasteiger partial charge in [0.2, 0.25) is 17.8 Å². The van der Waals surface area contributed by atoms with Crippen LogP contribution in [0.2, 0.25) is 0 Å². The second kappa shape index (κ2) is 28.8. The monoisotopic (exact) mass is 1550 g/mol. The summed E-state index contributed by atoms with van der Waals surface area (Å²) >= 11 is 0. The summed E-state index contributed by atoms with van der Waals surface area (Å²) in [6, 6.07) is 0.811. The van der Waals surface area contributed by atoms with E-state index >= 15 is 0 Å². The molecular weight excluding hydrogens is 1490 g/mol. The number of nitrogens with two attached hydrogens (primary N) is 4. The molecule has 0 spiro atoms. The maximum Gasteiger partial charge on any atom is 0.472 e. The van der Waals surface area contributed by atoms with Crippen LogP contribution in [0.15, 0.2) is 69.1 Å². The summed E-state index contributed by atoms with van der Waals surface area (Å²) in [4.78, 5) is 137. The normalized spacial score (nSPS) is 32.5. The van der Waals surface area contributed by atoms with Crippen LogP contribution < -0.4 is 45.3 Å². The number of aliphatic hydroxyl groups excluding tert-OH is 7. The molecule has 104 heavy (non-hydrogen) atoms. The Balaban J connectivity index is 0.710. The van der Waals surface area contributed by atoms with Crippen molar-refractivity contribution >= 4 is 88.4 Å². The van der Waals surface area contributed by atoms with Crippen LogP contribution in [-0.2, 0) is 78.1 Å². The first kappa shape index (κ1) is 74.4. The summed E-state index contributed by atoms with van der Waals surface area (Å²) in [7, 11) is -22.9. The Morgan fingerprint density at radius 1 is 0.462 bits per heavy atom. The Morgan fingerprint density at radius 2 is 0.865 bits per heavy atom. The zero-order valence-corrected chi connectivity index (χ0v) is 55.7. The highest BCUT2D eigenvalue weighted by Crippen LogP contribution is 2.56. The Morgan fingerprint density at radius 3 is 1.35 bits per heavy atom. The number of anilines is 4. The number of aromatic nitrogens is 16. The number of fused-ring (bicyclic) bond motifs is 3. The van der Waals surface area contributed by atoms with Gasteiger partial charge in [-0.3, -0.25) is 83.8 Å². The van der Waals surface area contributed by atoms with Crippen molar-refractivity contribution in [2.24, 2.45) is 0 Å². The minimum Gasteiger partial charge on any atom is -0.394 e. The first-order chi connectivity index (χ1) is 49.2. The fourth-order valence-electron chi connectivity index (χ4n) is 11.9. The van der Waals surface area contributed by atoms with E-state index in [2.05, 4.69) is 54.8 Å². The topological polar surface area (TPSA) is 766 Å². The molecule has 0 aromatic carbocycles. The van der Waals surface area contributed by atoms with E-state index in [1.807, 2.05) is 4.98 Å².